The third kappa shape index (κ3) is 4.58. The molecule has 0 amide bonds. The second-order valence-corrected chi connectivity index (χ2v) is 11.2. The van der Waals surface area contributed by atoms with Crippen LogP contribution in [0.1, 0.15) is 5.56 Å². The first-order chi connectivity index (χ1) is 17.8. The molecule has 5 heterocycles. The van der Waals surface area contributed by atoms with Crippen LogP contribution in [0.3, 0.4) is 0 Å². The monoisotopic (exact) mass is 512 g/mol. The van der Waals surface area contributed by atoms with Gasteiger partial charge in [0.1, 0.15) is 21.3 Å². The zero-order valence-electron chi connectivity index (χ0n) is 19.7. The van der Waals surface area contributed by atoms with Gasteiger partial charge in [-0.25, -0.2) is 22.8 Å². The van der Waals surface area contributed by atoms with Gasteiger partial charge in [0.2, 0.25) is 0 Å². The van der Waals surface area contributed by atoms with Crippen molar-refractivity contribution in [3.63, 3.8) is 0 Å². The van der Waals surface area contributed by atoms with E-state index >= 15 is 0 Å². The molecule has 8 nitrogen and oxygen atoms in total. The number of aromatic nitrogens is 6. The fourth-order valence-corrected chi connectivity index (χ4v) is 5.05. The summed E-state index contributed by atoms with van der Waals surface area (Å²) in [5.41, 5.74) is 6.43. The summed E-state index contributed by atoms with van der Waals surface area (Å²) in [5, 5.41) is 9.04. The lowest BCUT2D eigenvalue weighted by Gasteiger charge is -2.07. The van der Waals surface area contributed by atoms with Crippen molar-refractivity contribution in [3.05, 3.63) is 84.6 Å². The normalized spacial score (nSPS) is 11.9. The van der Waals surface area contributed by atoms with Crippen molar-refractivity contribution >= 4 is 31.9 Å². The summed E-state index contributed by atoms with van der Waals surface area (Å²) in [4.78, 5) is 16.7. The Hall–Kier alpha value is -4.44. The molecule has 6 aromatic rings. The number of H-pyrrole nitrogens is 2. The highest BCUT2D eigenvalue weighted by Crippen LogP contribution is 2.34. The highest BCUT2D eigenvalue weighted by atomic mass is 32.2. The third-order valence-electron chi connectivity index (χ3n) is 6.20. The van der Waals surface area contributed by atoms with Gasteiger partial charge < -0.3 is 4.98 Å². The molecule has 0 fully saturated rings. The van der Waals surface area contributed by atoms with Crippen molar-refractivity contribution in [2.45, 2.75) is 6.42 Å². The van der Waals surface area contributed by atoms with Crippen LogP contribution in [0.2, 0.25) is 0 Å². The van der Waals surface area contributed by atoms with E-state index in [0.717, 1.165) is 39.0 Å². The van der Waals surface area contributed by atoms with Crippen LogP contribution in [0.4, 0.5) is 4.39 Å². The predicted molar refractivity (Wildman–Crippen MR) is 141 cm³/mol. The number of hydrogen-bond donors (Lipinski definition) is 2. The quantitative estimate of drug-likeness (QED) is 0.326. The SMILES string of the molecule is CS(=O)(=O)CCc1cc(F)cc(-c2ccnc3[nH]c(-c4[nH]nc5ncc(-c6ccccn6)cc45)cc23)c1. The van der Waals surface area contributed by atoms with Crippen LogP contribution in [-0.2, 0) is 16.3 Å². The molecule has 0 saturated heterocycles. The Morgan fingerprint density at radius 3 is 2.62 bits per heavy atom. The van der Waals surface area contributed by atoms with Gasteiger partial charge in [-0.15, -0.1) is 0 Å². The Morgan fingerprint density at radius 2 is 1.81 bits per heavy atom. The van der Waals surface area contributed by atoms with E-state index in [0.29, 0.717) is 22.4 Å². The Bertz CT molecular complexity index is 1880. The molecule has 2 N–H and O–H groups in total. The molecule has 0 saturated carbocycles. The number of pyridine rings is 3. The van der Waals surface area contributed by atoms with Gasteiger partial charge in [0.15, 0.2) is 5.65 Å². The summed E-state index contributed by atoms with van der Waals surface area (Å²) in [6.07, 6.45) is 6.55. The standard InChI is InChI=1S/C27H21FN6O2S/c1-37(35,36)9-6-16-10-17(12-19(28)11-16)20-5-8-30-26-21(20)14-24(32-26)25-22-13-18(15-31-27(22)34-33-25)23-4-2-3-7-29-23/h2-5,7-8,10-15H,6,9H2,1H3,(H,30,32)(H,31,33,34). The number of benzene rings is 1. The molecule has 10 heteroatoms. The maximum atomic E-state index is 14.5. The van der Waals surface area contributed by atoms with Crippen LogP contribution in [0.25, 0.3) is 55.8 Å². The first-order valence-electron chi connectivity index (χ1n) is 11.6. The molecule has 37 heavy (non-hydrogen) atoms. The highest BCUT2D eigenvalue weighted by molar-refractivity contribution is 7.90. The van der Waals surface area contributed by atoms with Gasteiger partial charge in [-0.05, 0) is 65.6 Å². The molecule has 5 aromatic heterocycles. The largest absolute Gasteiger partial charge is 0.338 e. The first-order valence-corrected chi connectivity index (χ1v) is 13.6. The number of sulfone groups is 1. The van der Waals surface area contributed by atoms with Gasteiger partial charge in [0.05, 0.1) is 22.8 Å². The smallest absolute Gasteiger partial charge is 0.181 e. The third-order valence-corrected chi connectivity index (χ3v) is 7.15. The molecular weight excluding hydrogens is 491 g/mol. The van der Waals surface area contributed by atoms with Gasteiger partial charge >= 0.3 is 0 Å². The lowest BCUT2D eigenvalue weighted by molar-refractivity contribution is 0.600. The van der Waals surface area contributed by atoms with Crippen LogP contribution in [0.15, 0.2) is 73.2 Å². The molecule has 6 rings (SSSR count). The average Bonchev–Trinajstić information content (AvgIpc) is 3.51. The zero-order chi connectivity index (χ0) is 25.6. The topological polar surface area (TPSA) is 117 Å². The maximum Gasteiger partial charge on any atom is 0.181 e. The molecule has 0 aliphatic heterocycles. The van der Waals surface area contributed by atoms with Gasteiger partial charge in [-0.3, -0.25) is 10.1 Å². The van der Waals surface area contributed by atoms with E-state index in [2.05, 4.69) is 30.1 Å². The number of aromatic amines is 2. The van der Waals surface area contributed by atoms with Crippen LogP contribution in [0, 0.1) is 5.82 Å². The Kier molecular flexibility index (Phi) is 5.53. The number of hydrogen-bond acceptors (Lipinski definition) is 6. The Balaban J connectivity index is 1.44. The summed E-state index contributed by atoms with van der Waals surface area (Å²) in [7, 11) is -3.16. The average molecular weight is 513 g/mol. The fraction of sp³-hybridized carbons (Fsp3) is 0.111. The second kappa shape index (κ2) is 8.90. The van der Waals surface area contributed by atoms with Crippen LogP contribution in [0.5, 0.6) is 0 Å². The van der Waals surface area contributed by atoms with E-state index in [-0.39, 0.29) is 12.2 Å². The van der Waals surface area contributed by atoms with E-state index in [1.165, 1.54) is 18.4 Å². The van der Waals surface area contributed by atoms with E-state index in [1.54, 1.807) is 18.6 Å². The first kappa shape index (κ1) is 23.0. The molecule has 0 bridgehead atoms. The molecule has 0 spiro atoms. The van der Waals surface area contributed by atoms with Gasteiger partial charge in [0, 0.05) is 41.2 Å². The molecule has 0 unspecified atom stereocenters. The van der Waals surface area contributed by atoms with Crippen molar-refractivity contribution in [1.82, 2.24) is 30.1 Å². The highest BCUT2D eigenvalue weighted by Gasteiger charge is 2.16. The fourth-order valence-electron chi connectivity index (χ4n) is 4.45. The molecule has 1 aromatic carbocycles. The van der Waals surface area contributed by atoms with Crippen molar-refractivity contribution in [2.75, 3.05) is 12.0 Å². The molecule has 184 valence electrons. The predicted octanol–water partition coefficient (Wildman–Crippen LogP) is 4.96. The van der Waals surface area contributed by atoms with Crippen LogP contribution in [-0.4, -0.2) is 50.6 Å². The summed E-state index contributed by atoms with van der Waals surface area (Å²) in [5.74, 6) is -0.466. The lowest BCUT2D eigenvalue weighted by Crippen LogP contribution is -2.06. The number of halogens is 1. The lowest BCUT2D eigenvalue weighted by atomic mass is 10.00. The summed E-state index contributed by atoms with van der Waals surface area (Å²) in [6.45, 7) is 0. The van der Waals surface area contributed by atoms with Crippen molar-refractivity contribution in [3.8, 4) is 33.8 Å². The van der Waals surface area contributed by atoms with E-state index in [9.17, 15) is 12.8 Å². The van der Waals surface area contributed by atoms with Crippen molar-refractivity contribution in [2.24, 2.45) is 0 Å². The summed E-state index contributed by atoms with van der Waals surface area (Å²) >= 11 is 0. The van der Waals surface area contributed by atoms with Gasteiger partial charge in [0.25, 0.3) is 0 Å². The van der Waals surface area contributed by atoms with Crippen molar-refractivity contribution < 1.29 is 12.8 Å². The molecule has 0 atom stereocenters. The van der Waals surface area contributed by atoms with E-state index in [4.69, 9.17) is 0 Å². The molecule has 0 radical (unpaired) electrons. The Morgan fingerprint density at radius 1 is 0.919 bits per heavy atom. The van der Waals surface area contributed by atoms with Crippen LogP contribution < -0.4 is 0 Å². The number of rotatable bonds is 6. The molecular formula is C27H21FN6O2S. The van der Waals surface area contributed by atoms with Crippen LogP contribution >= 0.6 is 0 Å². The molecule has 0 aliphatic rings. The minimum absolute atomic E-state index is 0.0443. The van der Waals surface area contributed by atoms with E-state index in [1.807, 2.05) is 42.5 Å². The van der Waals surface area contributed by atoms with Crippen molar-refractivity contribution in [1.29, 1.82) is 0 Å². The number of nitrogens with zero attached hydrogens (tertiary/aromatic N) is 4. The van der Waals surface area contributed by atoms with E-state index < -0.39 is 15.7 Å². The second-order valence-electron chi connectivity index (χ2n) is 8.94. The molecule has 0 aliphatic carbocycles. The van der Waals surface area contributed by atoms with Gasteiger partial charge in [-0.1, -0.05) is 12.1 Å². The summed E-state index contributed by atoms with van der Waals surface area (Å²) < 4.78 is 37.7. The summed E-state index contributed by atoms with van der Waals surface area (Å²) in [6, 6.07) is 16.1. The minimum Gasteiger partial charge on any atom is -0.338 e. The number of fused-ring (bicyclic) bond motifs is 2. The Labute approximate surface area is 211 Å². The minimum atomic E-state index is -3.16. The number of aryl methyl sites for hydroxylation is 1. The van der Waals surface area contributed by atoms with Gasteiger partial charge in [-0.2, -0.15) is 5.10 Å². The number of nitrogens with one attached hydrogen (secondary N) is 2. The maximum absolute atomic E-state index is 14.5. The zero-order valence-corrected chi connectivity index (χ0v) is 20.6.